The molecule has 1 unspecified atom stereocenters. The van der Waals surface area contributed by atoms with Crippen LogP contribution in [0.4, 0.5) is 26.3 Å². The Hall–Kier alpha value is -1.24. The van der Waals surface area contributed by atoms with Gasteiger partial charge in [-0.05, 0) is 24.9 Å². The summed E-state index contributed by atoms with van der Waals surface area (Å²) in [6, 6.07) is 6.13. The molecule has 0 saturated carbocycles. The van der Waals surface area contributed by atoms with Gasteiger partial charge in [-0.2, -0.15) is 26.3 Å². The quantitative estimate of drug-likeness (QED) is 0.771. The largest absolute Gasteiger partial charge is 0.402 e. The van der Waals surface area contributed by atoms with Gasteiger partial charge in [0.2, 0.25) is 0 Å². The van der Waals surface area contributed by atoms with Gasteiger partial charge in [0.25, 0.3) is 0 Å². The molecule has 0 aliphatic rings. The average Bonchev–Trinajstić information content (AvgIpc) is 2.33. The maximum Gasteiger partial charge on any atom is 0.402 e. The predicted molar refractivity (Wildman–Crippen MR) is 67.8 cm³/mol. The lowest BCUT2D eigenvalue weighted by Crippen LogP contribution is -2.52. The van der Waals surface area contributed by atoms with E-state index >= 15 is 0 Å². The van der Waals surface area contributed by atoms with Crippen LogP contribution < -0.4 is 5.32 Å². The third-order valence-corrected chi connectivity index (χ3v) is 3.06. The Balaban J connectivity index is 3.03. The lowest BCUT2D eigenvalue weighted by molar-refractivity contribution is -0.291. The molecule has 7 heteroatoms. The third kappa shape index (κ3) is 5.57. The topological polar surface area (TPSA) is 12.0 Å². The summed E-state index contributed by atoms with van der Waals surface area (Å²) in [5, 5.41) is 2.39. The number of hydrogen-bond acceptors (Lipinski definition) is 1. The Bertz CT molecular complexity index is 398. The molecule has 0 aliphatic carbocycles. The van der Waals surface area contributed by atoms with Crippen LogP contribution in [0.1, 0.15) is 18.9 Å². The highest BCUT2D eigenvalue weighted by atomic mass is 19.4. The van der Waals surface area contributed by atoms with Crippen molar-refractivity contribution in [3.05, 3.63) is 35.9 Å². The molecule has 120 valence electrons. The van der Waals surface area contributed by atoms with Gasteiger partial charge < -0.3 is 5.32 Å². The number of halogens is 6. The molecule has 21 heavy (non-hydrogen) atoms. The van der Waals surface area contributed by atoms with Gasteiger partial charge in [0.05, 0.1) is 0 Å². The molecular weight excluding hydrogens is 296 g/mol. The van der Waals surface area contributed by atoms with Crippen molar-refractivity contribution < 1.29 is 26.3 Å². The summed E-state index contributed by atoms with van der Waals surface area (Å²) in [4.78, 5) is 0. The van der Waals surface area contributed by atoms with Crippen molar-refractivity contribution in [1.82, 2.24) is 5.32 Å². The molecule has 1 aromatic carbocycles. The summed E-state index contributed by atoms with van der Waals surface area (Å²) in [5.74, 6) is -3.38. The fourth-order valence-electron chi connectivity index (χ4n) is 2.15. The monoisotopic (exact) mass is 313 g/mol. The van der Waals surface area contributed by atoms with Crippen molar-refractivity contribution in [1.29, 1.82) is 0 Å². The number of hydrogen-bond donors (Lipinski definition) is 1. The van der Waals surface area contributed by atoms with E-state index in [-0.39, 0.29) is 13.0 Å². The summed E-state index contributed by atoms with van der Waals surface area (Å²) in [6.07, 6.45) is -10.5. The van der Waals surface area contributed by atoms with Gasteiger partial charge in [0, 0.05) is 6.04 Å². The van der Waals surface area contributed by atoms with E-state index in [1.54, 1.807) is 25.1 Å². The molecule has 0 spiro atoms. The van der Waals surface area contributed by atoms with Crippen LogP contribution in [0.15, 0.2) is 30.3 Å². The van der Waals surface area contributed by atoms with E-state index in [0.717, 1.165) is 0 Å². The fourth-order valence-corrected chi connectivity index (χ4v) is 2.15. The van der Waals surface area contributed by atoms with Gasteiger partial charge in [-0.1, -0.05) is 37.3 Å². The lowest BCUT2D eigenvalue weighted by Gasteiger charge is -2.31. The molecule has 1 nitrogen and oxygen atoms in total. The first-order valence-electron chi connectivity index (χ1n) is 6.57. The Labute approximate surface area is 119 Å². The summed E-state index contributed by atoms with van der Waals surface area (Å²) >= 11 is 0. The predicted octanol–water partition coefficient (Wildman–Crippen LogP) is 4.34. The minimum atomic E-state index is -5.33. The van der Waals surface area contributed by atoms with Gasteiger partial charge in [-0.25, -0.2) is 0 Å². The third-order valence-electron chi connectivity index (χ3n) is 3.06. The molecule has 0 saturated heterocycles. The van der Waals surface area contributed by atoms with E-state index in [0.29, 0.717) is 12.0 Å². The van der Waals surface area contributed by atoms with Crippen LogP contribution >= 0.6 is 0 Å². The van der Waals surface area contributed by atoms with Crippen molar-refractivity contribution in [3.63, 3.8) is 0 Å². The van der Waals surface area contributed by atoms with Crippen LogP contribution in [0.2, 0.25) is 0 Å². The molecule has 0 radical (unpaired) electrons. The fraction of sp³-hybridized carbons (Fsp3) is 0.571. The zero-order chi connectivity index (χ0) is 16.1. The number of rotatable bonds is 6. The van der Waals surface area contributed by atoms with E-state index in [2.05, 4.69) is 5.32 Å². The first-order valence-corrected chi connectivity index (χ1v) is 6.57. The standard InChI is InChI=1S/C14H17F6N/c1-2-8-21-11(9-10-6-4-3-5-7-10)12(13(15,16)17)14(18,19)20/h3-7,11-12,21H,2,8-9H2,1H3. The zero-order valence-electron chi connectivity index (χ0n) is 11.4. The smallest absolute Gasteiger partial charge is 0.313 e. The van der Waals surface area contributed by atoms with Crippen molar-refractivity contribution >= 4 is 0 Å². The first-order chi connectivity index (χ1) is 9.66. The highest BCUT2D eigenvalue weighted by molar-refractivity contribution is 5.16. The minimum absolute atomic E-state index is 0.0974. The molecule has 1 rings (SSSR count). The number of alkyl halides is 6. The van der Waals surface area contributed by atoms with Crippen molar-refractivity contribution in [2.24, 2.45) is 5.92 Å². The second kappa shape index (κ2) is 7.15. The molecular formula is C14H17F6N. The van der Waals surface area contributed by atoms with Gasteiger partial charge in [0.1, 0.15) is 0 Å². The van der Waals surface area contributed by atoms with Gasteiger partial charge in [-0.3, -0.25) is 0 Å². The molecule has 1 aromatic rings. The van der Waals surface area contributed by atoms with Crippen LogP contribution in [0.25, 0.3) is 0 Å². The Morgan fingerprint density at radius 1 is 0.952 bits per heavy atom. The summed E-state index contributed by atoms with van der Waals surface area (Å²) < 4.78 is 77.0. The Kier molecular flexibility index (Phi) is 6.07. The minimum Gasteiger partial charge on any atom is -0.313 e. The SMILES string of the molecule is CCCNC(Cc1ccccc1)C(C(F)(F)F)C(F)(F)F. The van der Waals surface area contributed by atoms with Crippen LogP contribution in [0, 0.1) is 5.92 Å². The van der Waals surface area contributed by atoms with E-state index in [1.165, 1.54) is 12.1 Å². The molecule has 0 amide bonds. The van der Waals surface area contributed by atoms with Crippen LogP contribution in [0.3, 0.4) is 0 Å². The van der Waals surface area contributed by atoms with E-state index in [1.807, 2.05) is 0 Å². The van der Waals surface area contributed by atoms with E-state index in [4.69, 9.17) is 0 Å². The molecule has 0 bridgehead atoms. The van der Waals surface area contributed by atoms with E-state index < -0.39 is 24.3 Å². The Morgan fingerprint density at radius 2 is 1.48 bits per heavy atom. The van der Waals surface area contributed by atoms with Crippen molar-refractivity contribution in [2.45, 2.75) is 38.2 Å². The van der Waals surface area contributed by atoms with Crippen molar-refractivity contribution in [3.8, 4) is 0 Å². The summed E-state index contributed by atoms with van der Waals surface area (Å²) in [6.45, 7) is 1.78. The normalized spacial score (nSPS) is 14.5. The molecule has 0 heterocycles. The van der Waals surface area contributed by atoms with Crippen LogP contribution in [0.5, 0.6) is 0 Å². The second-order valence-electron chi connectivity index (χ2n) is 4.81. The second-order valence-corrected chi connectivity index (χ2v) is 4.81. The van der Waals surface area contributed by atoms with Gasteiger partial charge in [0.15, 0.2) is 5.92 Å². The summed E-state index contributed by atoms with van der Waals surface area (Å²) in [5.41, 5.74) is 0.435. The molecule has 0 fully saturated rings. The maximum absolute atomic E-state index is 12.8. The maximum atomic E-state index is 12.8. The van der Waals surface area contributed by atoms with Crippen LogP contribution in [-0.2, 0) is 6.42 Å². The lowest BCUT2D eigenvalue weighted by atomic mass is 9.92. The summed E-state index contributed by atoms with van der Waals surface area (Å²) in [7, 11) is 0. The zero-order valence-corrected chi connectivity index (χ0v) is 11.4. The number of nitrogens with one attached hydrogen (secondary N) is 1. The van der Waals surface area contributed by atoms with Gasteiger partial charge >= 0.3 is 12.4 Å². The highest BCUT2D eigenvalue weighted by Crippen LogP contribution is 2.42. The van der Waals surface area contributed by atoms with Crippen molar-refractivity contribution in [2.75, 3.05) is 6.54 Å². The number of benzene rings is 1. The molecule has 0 aliphatic heterocycles. The molecule has 1 atom stereocenters. The molecule has 0 aromatic heterocycles. The Morgan fingerprint density at radius 3 is 1.90 bits per heavy atom. The highest BCUT2D eigenvalue weighted by Gasteiger charge is 2.59. The van der Waals surface area contributed by atoms with Crippen LogP contribution in [-0.4, -0.2) is 24.9 Å². The average molecular weight is 313 g/mol. The first kappa shape index (κ1) is 17.8. The van der Waals surface area contributed by atoms with E-state index in [9.17, 15) is 26.3 Å². The van der Waals surface area contributed by atoms with Gasteiger partial charge in [-0.15, -0.1) is 0 Å². The molecule has 1 N–H and O–H groups in total.